The van der Waals surface area contributed by atoms with Gasteiger partial charge in [-0.1, -0.05) is 6.42 Å². The number of nitrogens with one attached hydrogen (secondary N) is 3. The number of hydrogen-bond donors (Lipinski definition) is 3. The Labute approximate surface area is 128 Å². The second-order valence-electron chi connectivity index (χ2n) is 5.96. The van der Waals surface area contributed by atoms with Crippen LogP contribution in [-0.2, 0) is 4.79 Å². The van der Waals surface area contributed by atoms with E-state index in [1.54, 1.807) is 0 Å². The minimum Gasteiger partial charge on any atom is -0.338 e. The van der Waals surface area contributed by atoms with Crippen LogP contribution in [-0.4, -0.2) is 54.6 Å². The molecule has 3 amide bonds. The van der Waals surface area contributed by atoms with Crippen molar-refractivity contribution in [3.8, 4) is 0 Å². The fourth-order valence-electron chi connectivity index (χ4n) is 2.72. The van der Waals surface area contributed by atoms with Crippen LogP contribution in [0.3, 0.4) is 0 Å². The summed E-state index contributed by atoms with van der Waals surface area (Å²) in [4.78, 5) is 25.8. The van der Waals surface area contributed by atoms with Gasteiger partial charge in [0.2, 0.25) is 5.91 Å². The summed E-state index contributed by atoms with van der Waals surface area (Å²) in [5, 5.41) is 8.49. The summed E-state index contributed by atoms with van der Waals surface area (Å²) in [6.07, 6.45) is 3.61. The molecule has 1 saturated heterocycles. The molecule has 6 heteroatoms. The molecule has 0 aromatic carbocycles. The second-order valence-corrected chi connectivity index (χ2v) is 5.96. The van der Waals surface area contributed by atoms with Crippen LogP contribution >= 0.6 is 0 Å². The second kappa shape index (κ2) is 9.00. The third kappa shape index (κ3) is 6.01. The molecule has 0 radical (unpaired) electrons. The summed E-state index contributed by atoms with van der Waals surface area (Å²) < 4.78 is 0. The lowest BCUT2D eigenvalue weighted by molar-refractivity contribution is -0.125. The quantitative estimate of drug-likeness (QED) is 0.686. The molecule has 3 N–H and O–H groups in total. The average molecular weight is 298 g/mol. The highest BCUT2D eigenvalue weighted by Crippen LogP contribution is 2.13. The van der Waals surface area contributed by atoms with Crippen LogP contribution in [0.15, 0.2) is 0 Å². The molecular weight excluding hydrogens is 268 g/mol. The lowest BCUT2D eigenvalue weighted by Gasteiger charge is -2.36. The predicted octanol–water partition coefficient (Wildman–Crippen LogP) is 1.07. The molecule has 0 spiro atoms. The largest absolute Gasteiger partial charge is 0.338 e. The van der Waals surface area contributed by atoms with Gasteiger partial charge in [0.15, 0.2) is 0 Å². The van der Waals surface area contributed by atoms with E-state index >= 15 is 0 Å². The van der Waals surface area contributed by atoms with Gasteiger partial charge in [0.05, 0.1) is 6.04 Å². The van der Waals surface area contributed by atoms with E-state index in [-0.39, 0.29) is 18.0 Å². The number of piperidine rings is 1. The zero-order valence-corrected chi connectivity index (χ0v) is 13.7. The first-order chi connectivity index (χ1) is 9.95. The Morgan fingerprint density at radius 3 is 2.52 bits per heavy atom. The fourth-order valence-corrected chi connectivity index (χ4v) is 2.72. The van der Waals surface area contributed by atoms with E-state index < -0.39 is 6.03 Å². The SMILES string of the molecule is CCNC(=O)NC(=O)C(C)N(CC1CCCCN1)C(C)C. The van der Waals surface area contributed by atoms with E-state index in [2.05, 4.69) is 34.7 Å². The van der Waals surface area contributed by atoms with Gasteiger partial charge < -0.3 is 10.6 Å². The first kappa shape index (κ1) is 17.9. The van der Waals surface area contributed by atoms with Crippen molar-refractivity contribution >= 4 is 11.9 Å². The van der Waals surface area contributed by atoms with E-state index in [0.29, 0.717) is 12.6 Å². The molecule has 1 aliphatic heterocycles. The first-order valence-corrected chi connectivity index (χ1v) is 8.03. The molecule has 1 heterocycles. The van der Waals surface area contributed by atoms with Crippen LogP contribution in [0.5, 0.6) is 0 Å². The third-order valence-corrected chi connectivity index (χ3v) is 3.96. The van der Waals surface area contributed by atoms with E-state index in [9.17, 15) is 9.59 Å². The van der Waals surface area contributed by atoms with Crippen molar-refractivity contribution in [3.05, 3.63) is 0 Å². The topological polar surface area (TPSA) is 73.5 Å². The van der Waals surface area contributed by atoms with E-state index in [0.717, 1.165) is 19.5 Å². The lowest BCUT2D eigenvalue weighted by atomic mass is 10.0. The van der Waals surface area contributed by atoms with E-state index in [1.165, 1.54) is 12.8 Å². The molecule has 0 saturated carbocycles. The average Bonchev–Trinajstić information content (AvgIpc) is 2.45. The molecule has 1 aliphatic rings. The molecule has 122 valence electrons. The van der Waals surface area contributed by atoms with Gasteiger partial charge >= 0.3 is 6.03 Å². The summed E-state index contributed by atoms with van der Waals surface area (Å²) in [5.41, 5.74) is 0. The predicted molar refractivity (Wildman–Crippen MR) is 84.2 cm³/mol. The monoisotopic (exact) mass is 298 g/mol. The molecule has 0 aromatic rings. The molecule has 1 fully saturated rings. The summed E-state index contributed by atoms with van der Waals surface area (Å²) in [6, 6.07) is -0.0604. The van der Waals surface area contributed by atoms with E-state index in [4.69, 9.17) is 0 Å². The zero-order chi connectivity index (χ0) is 15.8. The molecule has 2 unspecified atom stereocenters. The Bertz CT molecular complexity index is 341. The molecule has 21 heavy (non-hydrogen) atoms. The van der Waals surface area contributed by atoms with Crippen LogP contribution in [0, 0.1) is 0 Å². The van der Waals surface area contributed by atoms with E-state index in [1.807, 2.05) is 13.8 Å². The van der Waals surface area contributed by atoms with Crippen molar-refractivity contribution in [1.82, 2.24) is 20.9 Å². The molecule has 0 bridgehead atoms. The smallest absolute Gasteiger partial charge is 0.321 e. The van der Waals surface area contributed by atoms with Crippen molar-refractivity contribution in [3.63, 3.8) is 0 Å². The summed E-state index contributed by atoms with van der Waals surface area (Å²) in [5.74, 6) is -0.245. The number of amides is 3. The number of urea groups is 1. The Kier molecular flexibility index (Phi) is 7.67. The molecule has 0 aromatic heterocycles. The number of carbonyl (C=O) groups excluding carboxylic acids is 2. The standard InChI is InChI=1S/C15H30N4O2/c1-5-16-15(21)18-14(20)12(4)19(11(2)3)10-13-8-6-7-9-17-13/h11-13,17H,5-10H2,1-4H3,(H2,16,18,20,21). The molecule has 1 rings (SSSR count). The Morgan fingerprint density at radius 1 is 1.29 bits per heavy atom. The van der Waals surface area contributed by atoms with Crippen LogP contribution < -0.4 is 16.0 Å². The van der Waals surface area contributed by atoms with Gasteiger partial charge in [0.25, 0.3) is 0 Å². The maximum atomic E-state index is 12.2. The van der Waals surface area contributed by atoms with Crippen LogP contribution in [0.1, 0.15) is 47.0 Å². The Morgan fingerprint density at radius 2 is 2.00 bits per heavy atom. The van der Waals surface area contributed by atoms with Gasteiger partial charge in [0.1, 0.15) is 0 Å². The van der Waals surface area contributed by atoms with Gasteiger partial charge in [-0.05, 0) is 47.1 Å². The maximum Gasteiger partial charge on any atom is 0.321 e. The Hall–Kier alpha value is -1.14. The summed E-state index contributed by atoms with van der Waals surface area (Å²) >= 11 is 0. The highest BCUT2D eigenvalue weighted by atomic mass is 16.2. The van der Waals surface area contributed by atoms with Crippen molar-refractivity contribution in [2.45, 2.75) is 65.1 Å². The number of rotatable bonds is 6. The van der Waals surface area contributed by atoms with Crippen molar-refractivity contribution in [1.29, 1.82) is 0 Å². The normalized spacial score (nSPS) is 20.4. The molecule has 2 atom stereocenters. The highest BCUT2D eigenvalue weighted by Gasteiger charge is 2.27. The minimum absolute atomic E-state index is 0.245. The number of imide groups is 1. The Balaban J connectivity index is 2.57. The number of hydrogen-bond acceptors (Lipinski definition) is 4. The van der Waals surface area contributed by atoms with Gasteiger partial charge in [-0.15, -0.1) is 0 Å². The molecule has 6 nitrogen and oxygen atoms in total. The van der Waals surface area contributed by atoms with Crippen LogP contribution in [0.2, 0.25) is 0 Å². The summed E-state index contributed by atoms with van der Waals surface area (Å²) in [7, 11) is 0. The fraction of sp³-hybridized carbons (Fsp3) is 0.867. The van der Waals surface area contributed by atoms with Crippen molar-refractivity contribution < 1.29 is 9.59 Å². The molecule has 0 aliphatic carbocycles. The van der Waals surface area contributed by atoms with Gasteiger partial charge in [-0.2, -0.15) is 0 Å². The maximum absolute atomic E-state index is 12.2. The summed E-state index contributed by atoms with van der Waals surface area (Å²) in [6.45, 7) is 10.2. The van der Waals surface area contributed by atoms with Crippen LogP contribution in [0.25, 0.3) is 0 Å². The zero-order valence-electron chi connectivity index (χ0n) is 13.7. The highest BCUT2D eigenvalue weighted by molar-refractivity contribution is 5.96. The first-order valence-electron chi connectivity index (χ1n) is 8.03. The number of carbonyl (C=O) groups is 2. The van der Waals surface area contributed by atoms with Gasteiger partial charge in [-0.3, -0.25) is 15.0 Å². The van der Waals surface area contributed by atoms with Gasteiger partial charge in [-0.25, -0.2) is 4.79 Å². The third-order valence-electron chi connectivity index (χ3n) is 3.96. The van der Waals surface area contributed by atoms with Crippen molar-refractivity contribution in [2.75, 3.05) is 19.6 Å². The minimum atomic E-state index is -0.422. The lowest BCUT2D eigenvalue weighted by Crippen LogP contribution is -2.55. The van der Waals surface area contributed by atoms with Gasteiger partial charge in [0, 0.05) is 25.2 Å². The van der Waals surface area contributed by atoms with Crippen molar-refractivity contribution in [2.24, 2.45) is 0 Å². The molecular formula is C15H30N4O2. The van der Waals surface area contributed by atoms with Crippen LogP contribution in [0.4, 0.5) is 4.79 Å². The number of nitrogens with zero attached hydrogens (tertiary/aromatic N) is 1.